The molecule has 0 aliphatic heterocycles. The third-order valence-electron chi connectivity index (χ3n) is 4.71. The molecule has 31 heavy (non-hydrogen) atoms. The Balaban J connectivity index is 2.00. The number of H-pyrrole nitrogens is 1. The number of imidazole rings is 1. The molecule has 0 spiro atoms. The number of benzene rings is 1. The smallest absolute Gasteiger partial charge is 0.340 e. The molecule has 8 nitrogen and oxygen atoms in total. The molecule has 0 bridgehead atoms. The van der Waals surface area contributed by atoms with E-state index in [0.29, 0.717) is 38.1 Å². The molecule has 0 radical (unpaired) electrons. The first-order valence-electron chi connectivity index (χ1n) is 9.82. The van der Waals surface area contributed by atoms with E-state index in [4.69, 9.17) is 16.3 Å². The lowest BCUT2D eigenvalue weighted by molar-refractivity contribution is 0.0458. The number of aromatic amines is 1. The molecule has 0 unspecified atom stereocenters. The van der Waals surface area contributed by atoms with Gasteiger partial charge in [-0.1, -0.05) is 31.9 Å². The van der Waals surface area contributed by atoms with Crippen LogP contribution >= 0.6 is 11.6 Å². The number of hydrogen-bond acceptors (Lipinski definition) is 5. The number of carbonyl (C=O) groups excluding carboxylic acids is 1. The molecule has 1 N–H and O–H groups in total. The van der Waals surface area contributed by atoms with E-state index in [1.54, 1.807) is 4.57 Å². The molecule has 2 heterocycles. The van der Waals surface area contributed by atoms with E-state index in [2.05, 4.69) is 9.97 Å². The predicted octanol–water partition coefficient (Wildman–Crippen LogP) is 3.39. The predicted molar refractivity (Wildman–Crippen MR) is 110 cm³/mol. The second kappa shape index (κ2) is 9.42. The summed E-state index contributed by atoms with van der Waals surface area (Å²) in [5.41, 5.74) is -1.09. The van der Waals surface area contributed by atoms with Crippen LogP contribution in [0.2, 0.25) is 5.02 Å². The van der Waals surface area contributed by atoms with Gasteiger partial charge in [0.05, 0.1) is 10.6 Å². The average Bonchev–Trinajstić information content (AvgIpc) is 3.07. The van der Waals surface area contributed by atoms with Gasteiger partial charge in [0.2, 0.25) is 0 Å². The third kappa shape index (κ3) is 4.53. The van der Waals surface area contributed by atoms with Gasteiger partial charge in [0.25, 0.3) is 5.56 Å². The van der Waals surface area contributed by atoms with E-state index < -0.39 is 28.9 Å². The first-order chi connectivity index (χ1) is 14.8. The SMILES string of the molecule is CCCCn1c(=O)[nH]c(=O)c2c1nc(COC(=O)c1cc(F)c(F)cc1Cl)n2CCC. The van der Waals surface area contributed by atoms with Gasteiger partial charge < -0.3 is 9.30 Å². The summed E-state index contributed by atoms with van der Waals surface area (Å²) in [6, 6.07) is 1.34. The highest BCUT2D eigenvalue weighted by Crippen LogP contribution is 2.22. The molecule has 0 aliphatic carbocycles. The minimum atomic E-state index is -1.24. The molecule has 0 fully saturated rings. The van der Waals surface area contributed by atoms with E-state index in [1.807, 2.05) is 13.8 Å². The number of nitrogens with zero attached hydrogens (tertiary/aromatic N) is 3. The number of hydrogen-bond donors (Lipinski definition) is 1. The Morgan fingerprint density at radius 2 is 1.84 bits per heavy atom. The number of aromatic nitrogens is 4. The number of ether oxygens (including phenoxy) is 1. The maximum Gasteiger partial charge on any atom is 0.340 e. The lowest BCUT2D eigenvalue weighted by Gasteiger charge is -2.09. The first kappa shape index (κ1) is 22.7. The number of carbonyl (C=O) groups is 1. The molecular formula is C20H21ClF2N4O4. The second-order valence-corrected chi connectivity index (χ2v) is 7.35. The molecule has 166 valence electrons. The Kier molecular flexibility index (Phi) is 6.89. The van der Waals surface area contributed by atoms with Crippen LogP contribution in [0.25, 0.3) is 11.2 Å². The largest absolute Gasteiger partial charge is 0.454 e. The monoisotopic (exact) mass is 454 g/mol. The van der Waals surface area contributed by atoms with Crippen molar-refractivity contribution in [3.05, 3.63) is 61.0 Å². The van der Waals surface area contributed by atoms with Crippen LogP contribution in [-0.4, -0.2) is 25.1 Å². The molecule has 1 aromatic carbocycles. The number of fused-ring (bicyclic) bond motifs is 1. The summed E-state index contributed by atoms with van der Waals surface area (Å²) in [5, 5.41) is -0.296. The van der Waals surface area contributed by atoms with Crippen LogP contribution in [0.3, 0.4) is 0 Å². The average molecular weight is 455 g/mol. The molecule has 0 saturated carbocycles. The van der Waals surface area contributed by atoms with Gasteiger partial charge in [-0.25, -0.2) is 23.4 Å². The zero-order valence-corrected chi connectivity index (χ0v) is 17.8. The van der Waals surface area contributed by atoms with Crippen molar-refractivity contribution >= 4 is 28.7 Å². The lowest BCUT2D eigenvalue weighted by atomic mass is 10.2. The van der Waals surface area contributed by atoms with Crippen molar-refractivity contribution in [3.8, 4) is 0 Å². The number of aryl methyl sites for hydroxylation is 2. The first-order valence-corrected chi connectivity index (χ1v) is 10.2. The fourth-order valence-electron chi connectivity index (χ4n) is 3.20. The van der Waals surface area contributed by atoms with Gasteiger partial charge in [-0.05, 0) is 25.0 Å². The standard InChI is InChI=1S/C20H21ClF2N4O4/c1-3-5-7-27-17-16(18(28)25-20(27)30)26(6-4-2)15(24-17)10-31-19(29)11-8-13(22)14(23)9-12(11)21/h8-9H,3-7,10H2,1-2H3,(H,25,28,30). The molecule has 0 amide bonds. The quantitative estimate of drug-likeness (QED) is 0.415. The molecule has 0 saturated heterocycles. The summed E-state index contributed by atoms with van der Waals surface area (Å²) in [5.74, 6) is -3.15. The summed E-state index contributed by atoms with van der Waals surface area (Å²) in [7, 11) is 0. The molecule has 2 aromatic heterocycles. The van der Waals surface area contributed by atoms with Gasteiger partial charge in [0, 0.05) is 13.1 Å². The third-order valence-corrected chi connectivity index (χ3v) is 5.02. The van der Waals surface area contributed by atoms with Crippen molar-refractivity contribution in [1.82, 2.24) is 19.1 Å². The van der Waals surface area contributed by atoms with Crippen molar-refractivity contribution in [1.29, 1.82) is 0 Å². The Morgan fingerprint density at radius 3 is 2.52 bits per heavy atom. The second-order valence-electron chi connectivity index (χ2n) is 6.94. The van der Waals surface area contributed by atoms with Gasteiger partial charge in [-0.15, -0.1) is 0 Å². The highest BCUT2D eigenvalue weighted by Gasteiger charge is 2.21. The zero-order valence-electron chi connectivity index (χ0n) is 17.0. The fraction of sp³-hybridized carbons (Fsp3) is 0.400. The van der Waals surface area contributed by atoms with Crippen molar-refractivity contribution < 1.29 is 18.3 Å². The van der Waals surface area contributed by atoms with Gasteiger partial charge >= 0.3 is 11.7 Å². The van der Waals surface area contributed by atoms with Gasteiger partial charge in [0.1, 0.15) is 12.4 Å². The van der Waals surface area contributed by atoms with E-state index in [1.165, 1.54) is 4.57 Å². The van der Waals surface area contributed by atoms with Crippen LogP contribution in [-0.2, 0) is 24.4 Å². The van der Waals surface area contributed by atoms with Crippen LogP contribution in [0.1, 0.15) is 49.3 Å². The van der Waals surface area contributed by atoms with Gasteiger partial charge in [-0.3, -0.25) is 14.3 Å². The van der Waals surface area contributed by atoms with Crippen LogP contribution in [0, 0.1) is 11.6 Å². The Labute approximate surface area is 180 Å². The maximum absolute atomic E-state index is 13.5. The van der Waals surface area contributed by atoms with Crippen LogP contribution < -0.4 is 11.2 Å². The highest BCUT2D eigenvalue weighted by molar-refractivity contribution is 6.33. The number of rotatable bonds is 8. The van der Waals surface area contributed by atoms with Crippen molar-refractivity contribution in [2.24, 2.45) is 0 Å². The van der Waals surface area contributed by atoms with Crippen LogP contribution in [0.15, 0.2) is 21.7 Å². The van der Waals surface area contributed by atoms with E-state index >= 15 is 0 Å². The maximum atomic E-state index is 13.5. The Morgan fingerprint density at radius 1 is 1.13 bits per heavy atom. The Hall–Kier alpha value is -3.01. The number of nitrogens with one attached hydrogen (secondary N) is 1. The summed E-state index contributed by atoms with van der Waals surface area (Å²) in [4.78, 5) is 43.8. The summed E-state index contributed by atoms with van der Waals surface area (Å²) >= 11 is 5.82. The molecular weight excluding hydrogens is 434 g/mol. The number of unbranched alkanes of at least 4 members (excludes halogenated alkanes) is 1. The van der Waals surface area contributed by atoms with Crippen molar-refractivity contribution in [2.75, 3.05) is 0 Å². The molecule has 11 heteroatoms. The normalized spacial score (nSPS) is 11.3. The van der Waals surface area contributed by atoms with Gasteiger partial charge in [-0.2, -0.15) is 0 Å². The molecule has 3 aromatic rings. The summed E-state index contributed by atoms with van der Waals surface area (Å²) in [6.45, 7) is 4.27. The van der Waals surface area contributed by atoms with Crippen molar-refractivity contribution in [2.45, 2.75) is 52.8 Å². The number of esters is 1. The molecule has 0 aliphatic rings. The number of halogens is 3. The van der Waals surface area contributed by atoms with Crippen LogP contribution in [0.4, 0.5) is 8.78 Å². The summed E-state index contributed by atoms with van der Waals surface area (Å²) in [6.07, 6.45) is 2.19. The van der Waals surface area contributed by atoms with Crippen molar-refractivity contribution in [3.63, 3.8) is 0 Å². The topological polar surface area (TPSA) is 99.0 Å². The zero-order chi connectivity index (χ0) is 22.7. The molecule has 3 rings (SSSR count). The van der Waals surface area contributed by atoms with E-state index in [0.717, 1.165) is 6.42 Å². The minimum absolute atomic E-state index is 0.201. The molecule has 0 atom stereocenters. The lowest BCUT2D eigenvalue weighted by Crippen LogP contribution is -2.31. The van der Waals surface area contributed by atoms with Crippen LogP contribution in [0.5, 0.6) is 0 Å². The summed E-state index contributed by atoms with van der Waals surface area (Å²) < 4.78 is 34.9. The highest BCUT2D eigenvalue weighted by atomic mass is 35.5. The Bertz CT molecular complexity index is 1250. The minimum Gasteiger partial charge on any atom is -0.454 e. The fourth-order valence-corrected chi connectivity index (χ4v) is 3.43. The van der Waals surface area contributed by atoms with E-state index in [9.17, 15) is 23.2 Å². The van der Waals surface area contributed by atoms with Gasteiger partial charge in [0.15, 0.2) is 22.8 Å². The van der Waals surface area contributed by atoms with E-state index in [-0.39, 0.29) is 34.2 Å².